The standard InChI is InChI=1S/C13H17F3N2/c1-2-18-8-9(5-6-17)11-7-10(13(14,15)16)3-4-12(11)18/h3-4,7,9H,2,5-6,8,17H2,1H3. The summed E-state index contributed by atoms with van der Waals surface area (Å²) in [5.41, 5.74) is 6.68. The van der Waals surface area contributed by atoms with Crippen LogP contribution in [-0.4, -0.2) is 19.6 Å². The number of anilines is 1. The van der Waals surface area contributed by atoms with Gasteiger partial charge in [-0.25, -0.2) is 0 Å². The van der Waals surface area contributed by atoms with Gasteiger partial charge in [-0.3, -0.25) is 0 Å². The maximum atomic E-state index is 12.7. The van der Waals surface area contributed by atoms with E-state index in [1.165, 1.54) is 6.07 Å². The van der Waals surface area contributed by atoms with Crippen molar-refractivity contribution in [2.45, 2.75) is 25.4 Å². The van der Waals surface area contributed by atoms with Crippen molar-refractivity contribution >= 4 is 5.69 Å². The van der Waals surface area contributed by atoms with Crippen molar-refractivity contribution in [3.8, 4) is 0 Å². The molecule has 100 valence electrons. The summed E-state index contributed by atoms with van der Waals surface area (Å²) < 4.78 is 38.1. The van der Waals surface area contributed by atoms with Gasteiger partial charge in [0.05, 0.1) is 5.56 Å². The van der Waals surface area contributed by atoms with Crippen LogP contribution < -0.4 is 10.6 Å². The number of rotatable bonds is 3. The van der Waals surface area contributed by atoms with Crippen molar-refractivity contribution < 1.29 is 13.2 Å². The minimum Gasteiger partial charge on any atom is -0.371 e. The molecular weight excluding hydrogens is 241 g/mol. The van der Waals surface area contributed by atoms with Crippen LogP contribution in [0.4, 0.5) is 18.9 Å². The number of benzene rings is 1. The van der Waals surface area contributed by atoms with Gasteiger partial charge in [-0.15, -0.1) is 0 Å². The summed E-state index contributed by atoms with van der Waals surface area (Å²) in [4.78, 5) is 2.11. The van der Waals surface area contributed by atoms with Gasteiger partial charge in [-0.2, -0.15) is 13.2 Å². The lowest BCUT2D eigenvalue weighted by Crippen LogP contribution is -2.21. The first-order valence-corrected chi connectivity index (χ1v) is 6.13. The number of nitrogens with zero attached hydrogens (tertiary/aromatic N) is 1. The molecule has 1 unspecified atom stereocenters. The predicted molar refractivity (Wildman–Crippen MR) is 65.7 cm³/mol. The van der Waals surface area contributed by atoms with E-state index in [1.54, 1.807) is 6.07 Å². The van der Waals surface area contributed by atoms with Crippen LogP contribution in [0, 0.1) is 0 Å². The van der Waals surface area contributed by atoms with E-state index < -0.39 is 11.7 Å². The maximum Gasteiger partial charge on any atom is 0.416 e. The van der Waals surface area contributed by atoms with E-state index in [0.717, 1.165) is 36.8 Å². The number of likely N-dealkylation sites (N-methyl/N-ethyl adjacent to an activating group) is 1. The van der Waals surface area contributed by atoms with Gasteiger partial charge in [0, 0.05) is 24.7 Å². The van der Waals surface area contributed by atoms with Crippen LogP contribution in [0.3, 0.4) is 0 Å². The minimum atomic E-state index is -4.28. The molecule has 0 spiro atoms. The fourth-order valence-electron chi connectivity index (χ4n) is 2.56. The molecule has 1 aromatic rings. The largest absolute Gasteiger partial charge is 0.416 e. The molecule has 1 heterocycles. The molecule has 0 aromatic heterocycles. The topological polar surface area (TPSA) is 29.3 Å². The number of hydrogen-bond acceptors (Lipinski definition) is 2. The van der Waals surface area contributed by atoms with E-state index >= 15 is 0 Å². The molecule has 5 heteroatoms. The zero-order chi connectivity index (χ0) is 13.3. The van der Waals surface area contributed by atoms with Crippen LogP contribution in [0.5, 0.6) is 0 Å². The molecule has 2 rings (SSSR count). The number of halogens is 3. The van der Waals surface area contributed by atoms with Gasteiger partial charge >= 0.3 is 6.18 Å². The van der Waals surface area contributed by atoms with Crippen molar-refractivity contribution in [3.63, 3.8) is 0 Å². The third-order valence-corrected chi connectivity index (χ3v) is 3.47. The molecule has 0 aliphatic carbocycles. The Bertz CT molecular complexity index is 429. The number of alkyl halides is 3. The Morgan fingerprint density at radius 1 is 1.39 bits per heavy atom. The number of nitrogens with two attached hydrogens (primary N) is 1. The molecule has 18 heavy (non-hydrogen) atoms. The van der Waals surface area contributed by atoms with Gasteiger partial charge in [-0.05, 0) is 43.7 Å². The first kappa shape index (κ1) is 13.2. The monoisotopic (exact) mass is 258 g/mol. The third-order valence-electron chi connectivity index (χ3n) is 3.47. The predicted octanol–water partition coefficient (Wildman–Crippen LogP) is 2.98. The van der Waals surface area contributed by atoms with Crippen molar-refractivity contribution in [2.75, 3.05) is 24.5 Å². The Balaban J connectivity index is 2.40. The van der Waals surface area contributed by atoms with Gasteiger partial charge in [0.1, 0.15) is 0 Å². The Labute approximate surface area is 105 Å². The van der Waals surface area contributed by atoms with E-state index in [9.17, 15) is 13.2 Å². The lowest BCUT2D eigenvalue weighted by molar-refractivity contribution is -0.137. The van der Waals surface area contributed by atoms with Gasteiger partial charge in [0.25, 0.3) is 0 Å². The highest BCUT2D eigenvalue weighted by Crippen LogP contribution is 2.41. The minimum absolute atomic E-state index is 0.118. The van der Waals surface area contributed by atoms with Gasteiger partial charge in [-0.1, -0.05) is 0 Å². The Hall–Kier alpha value is -1.23. The first-order valence-electron chi connectivity index (χ1n) is 6.13. The molecule has 0 saturated heterocycles. The second-order valence-electron chi connectivity index (χ2n) is 4.58. The highest BCUT2D eigenvalue weighted by Gasteiger charge is 2.34. The summed E-state index contributed by atoms with van der Waals surface area (Å²) in [5.74, 6) is 0.118. The average molecular weight is 258 g/mol. The fraction of sp³-hybridized carbons (Fsp3) is 0.538. The smallest absolute Gasteiger partial charge is 0.371 e. The Morgan fingerprint density at radius 3 is 2.67 bits per heavy atom. The lowest BCUT2D eigenvalue weighted by Gasteiger charge is -2.17. The quantitative estimate of drug-likeness (QED) is 0.903. The fourth-order valence-corrected chi connectivity index (χ4v) is 2.56. The van der Waals surface area contributed by atoms with Crippen LogP contribution >= 0.6 is 0 Å². The average Bonchev–Trinajstić information content (AvgIpc) is 2.66. The summed E-state index contributed by atoms with van der Waals surface area (Å²) >= 11 is 0. The molecule has 0 fully saturated rings. The van der Waals surface area contributed by atoms with E-state index in [4.69, 9.17) is 5.73 Å². The molecule has 0 radical (unpaired) electrons. The number of fused-ring (bicyclic) bond motifs is 1. The first-order chi connectivity index (χ1) is 8.47. The van der Waals surface area contributed by atoms with Crippen molar-refractivity contribution in [1.29, 1.82) is 0 Å². The van der Waals surface area contributed by atoms with E-state index in [0.29, 0.717) is 6.54 Å². The molecule has 0 amide bonds. The molecule has 1 aliphatic heterocycles. The van der Waals surface area contributed by atoms with Crippen molar-refractivity contribution in [3.05, 3.63) is 29.3 Å². The van der Waals surface area contributed by atoms with Crippen LogP contribution in [0.1, 0.15) is 30.4 Å². The highest BCUT2D eigenvalue weighted by molar-refractivity contribution is 5.61. The molecule has 1 aromatic carbocycles. The summed E-state index contributed by atoms with van der Waals surface area (Å²) in [6.07, 6.45) is -3.55. The summed E-state index contributed by atoms with van der Waals surface area (Å²) in [6.45, 7) is 4.08. The second kappa shape index (κ2) is 4.80. The van der Waals surface area contributed by atoms with Crippen LogP contribution in [0.15, 0.2) is 18.2 Å². The summed E-state index contributed by atoms with van der Waals surface area (Å²) in [6, 6.07) is 4.02. The number of hydrogen-bond donors (Lipinski definition) is 1. The van der Waals surface area contributed by atoms with Crippen molar-refractivity contribution in [1.82, 2.24) is 0 Å². The zero-order valence-electron chi connectivity index (χ0n) is 10.3. The molecule has 0 bridgehead atoms. The second-order valence-corrected chi connectivity index (χ2v) is 4.58. The molecule has 1 atom stereocenters. The summed E-state index contributed by atoms with van der Waals surface area (Å²) in [7, 11) is 0. The van der Waals surface area contributed by atoms with E-state index in [1.807, 2.05) is 6.92 Å². The summed E-state index contributed by atoms with van der Waals surface area (Å²) in [5, 5.41) is 0. The zero-order valence-corrected chi connectivity index (χ0v) is 10.3. The molecule has 2 N–H and O–H groups in total. The van der Waals surface area contributed by atoms with Gasteiger partial charge in [0.15, 0.2) is 0 Å². The van der Waals surface area contributed by atoms with Gasteiger partial charge < -0.3 is 10.6 Å². The van der Waals surface area contributed by atoms with E-state index in [-0.39, 0.29) is 5.92 Å². The van der Waals surface area contributed by atoms with Crippen LogP contribution in [0.2, 0.25) is 0 Å². The maximum absolute atomic E-state index is 12.7. The van der Waals surface area contributed by atoms with Crippen LogP contribution in [0.25, 0.3) is 0 Å². The van der Waals surface area contributed by atoms with Gasteiger partial charge in [0.2, 0.25) is 0 Å². The normalized spacial score (nSPS) is 19.2. The Morgan fingerprint density at radius 2 is 2.11 bits per heavy atom. The molecule has 1 aliphatic rings. The SMILES string of the molecule is CCN1CC(CCN)c2cc(C(F)(F)F)ccc21. The molecule has 0 saturated carbocycles. The molecule has 2 nitrogen and oxygen atoms in total. The molecular formula is C13H17F3N2. The van der Waals surface area contributed by atoms with Crippen molar-refractivity contribution in [2.24, 2.45) is 5.73 Å². The lowest BCUT2D eigenvalue weighted by atomic mass is 9.96. The highest BCUT2D eigenvalue weighted by atomic mass is 19.4. The third kappa shape index (κ3) is 2.32. The van der Waals surface area contributed by atoms with E-state index in [2.05, 4.69) is 4.90 Å². The Kier molecular flexibility index (Phi) is 3.52. The van der Waals surface area contributed by atoms with Crippen LogP contribution in [-0.2, 0) is 6.18 Å².